The van der Waals surface area contributed by atoms with Crippen LogP contribution in [0.5, 0.6) is 5.75 Å². The number of carbonyl (C=O) groups excluding carboxylic acids is 1. The van der Waals surface area contributed by atoms with E-state index in [1.54, 1.807) is 36.4 Å². The third kappa shape index (κ3) is 5.41. The van der Waals surface area contributed by atoms with Crippen LogP contribution in [0, 0.1) is 13.8 Å². The van der Waals surface area contributed by atoms with E-state index in [9.17, 15) is 9.90 Å². The fourth-order valence-corrected chi connectivity index (χ4v) is 4.97. The molecule has 0 atom stereocenters. The standard InChI is InChI=1S/C24H19BrCl2N4O2S/c1-13-3-7-20(14(2)9-13)31-23(17-10-15(25)4-8-21(17)32)29-30-24(31)34-12-22(33)28-19-6-5-16(26)11-18(19)27/h3-11,32H,12H2,1-2H3,(H,28,33). The number of hydrogen-bond acceptors (Lipinski definition) is 5. The van der Waals surface area contributed by atoms with Crippen LogP contribution in [0.4, 0.5) is 5.69 Å². The number of phenols is 1. The van der Waals surface area contributed by atoms with Crippen LogP contribution < -0.4 is 5.32 Å². The predicted molar refractivity (Wildman–Crippen MR) is 141 cm³/mol. The number of aryl methyl sites for hydroxylation is 2. The Morgan fingerprint density at radius 3 is 2.62 bits per heavy atom. The van der Waals surface area contributed by atoms with Gasteiger partial charge in [-0.15, -0.1) is 10.2 Å². The zero-order chi connectivity index (χ0) is 24.4. The molecule has 0 unspecified atom stereocenters. The number of rotatable bonds is 6. The average Bonchev–Trinajstić information content (AvgIpc) is 3.19. The summed E-state index contributed by atoms with van der Waals surface area (Å²) in [5, 5.41) is 23.4. The first-order valence-corrected chi connectivity index (χ1v) is 12.7. The van der Waals surface area contributed by atoms with E-state index in [4.69, 9.17) is 23.2 Å². The van der Waals surface area contributed by atoms with Crippen LogP contribution in [0.3, 0.4) is 0 Å². The number of nitrogens with zero attached hydrogens (tertiary/aromatic N) is 3. The molecular weight excluding hydrogens is 559 g/mol. The molecule has 2 N–H and O–H groups in total. The number of carbonyl (C=O) groups is 1. The molecule has 1 heterocycles. The number of aromatic hydroxyl groups is 1. The topological polar surface area (TPSA) is 80.0 Å². The fraction of sp³-hybridized carbons (Fsp3) is 0.125. The van der Waals surface area contributed by atoms with Crippen LogP contribution in [-0.2, 0) is 4.79 Å². The maximum Gasteiger partial charge on any atom is 0.234 e. The van der Waals surface area contributed by atoms with E-state index < -0.39 is 0 Å². The second kappa shape index (κ2) is 10.4. The van der Waals surface area contributed by atoms with Gasteiger partial charge in [-0.1, -0.05) is 68.6 Å². The van der Waals surface area contributed by atoms with Gasteiger partial charge >= 0.3 is 0 Å². The second-order valence-corrected chi connectivity index (χ2v) is 10.3. The van der Waals surface area contributed by atoms with Crippen molar-refractivity contribution in [1.82, 2.24) is 14.8 Å². The van der Waals surface area contributed by atoms with E-state index >= 15 is 0 Å². The number of hydrogen-bond donors (Lipinski definition) is 2. The van der Waals surface area contributed by atoms with E-state index in [0.29, 0.717) is 32.3 Å². The summed E-state index contributed by atoms with van der Waals surface area (Å²) < 4.78 is 2.65. The molecule has 0 aliphatic heterocycles. The zero-order valence-electron chi connectivity index (χ0n) is 18.1. The summed E-state index contributed by atoms with van der Waals surface area (Å²) in [6, 6.07) is 16.0. The van der Waals surface area contributed by atoms with Gasteiger partial charge in [0.05, 0.1) is 27.7 Å². The number of aromatic nitrogens is 3. The van der Waals surface area contributed by atoms with Crippen molar-refractivity contribution in [2.45, 2.75) is 19.0 Å². The minimum absolute atomic E-state index is 0.0759. The lowest BCUT2D eigenvalue weighted by Gasteiger charge is -2.14. The van der Waals surface area contributed by atoms with Gasteiger partial charge in [0.2, 0.25) is 5.91 Å². The van der Waals surface area contributed by atoms with Gasteiger partial charge in [0.1, 0.15) is 5.75 Å². The SMILES string of the molecule is Cc1ccc(-n2c(SCC(=O)Nc3ccc(Cl)cc3Cl)nnc2-c2cc(Br)ccc2O)c(C)c1. The molecule has 3 aromatic carbocycles. The molecule has 0 radical (unpaired) electrons. The normalized spacial score (nSPS) is 11.0. The molecule has 10 heteroatoms. The lowest BCUT2D eigenvalue weighted by Crippen LogP contribution is -2.15. The highest BCUT2D eigenvalue weighted by molar-refractivity contribution is 9.10. The van der Waals surface area contributed by atoms with Gasteiger partial charge < -0.3 is 10.4 Å². The highest BCUT2D eigenvalue weighted by atomic mass is 79.9. The number of benzene rings is 3. The number of nitrogens with one attached hydrogen (secondary N) is 1. The molecule has 1 aromatic heterocycles. The van der Waals surface area contributed by atoms with E-state index in [-0.39, 0.29) is 17.4 Å². The quantitative estimate of drug-likeness (QED) is 0.240. The highest BCUT2D eigenvalue weighted by Crippen LogP contribution is 2.35. The molecule has 4 rings (SSSR count). The lowest BCUT2D eigenvalue weighted by atomic mass is 10.1. The summed E-state index contributed by atoms with van der Waals surface area (Å²) in [7, 11) is 0. The van der Waals surface area contributed by atoms with Gasteiger partial charge in [0, 0.05) is 9.50 Å². The Bertz CT molecular complexity index is 1390. The summed E-state index contributed by atoms with van der Waals surface area (Å²) in [6.07, 6.45) is 0. The minimum Gasteiger partial charge on any atom is -0.507 e. The summed E-state index contributed by atoms with van der Waals surface area (Å²) in [5.41, 5.74) is 3.98. The number of thioether (sulfide) groups is 1. The predicted octanol–water partition coefficient (Wildman–Crippen LogP) is 7.06. The zero-order valence-corrected chi connectivity index (χ0v) is 22.1. The van der Waals surface area contributed by atoms with E-state index in [0.717, 1.165) is 21.3 Å². The first-order valence-electron chi connectivity index (χ1n) is 10.1. The monoisotopic (exact) mass is 576 g/mol. The first-order chi connectivity index (χ1) is 16.2. The largest absolute Gasteiger partial charge is 0.507 e. The van der Waals surface area contributed by atoms with Crippen molar-refractivity contribution in [3.63, 3.8) is 0 Å². The minimum atomic E-state index is -0.253. The molecule has 0 aliphatic rings. The molecular formula is C24H19BrCl2N4O2S. The Labute approximate surface area is 219 Å². The number of halogens is 3. The van der Waals surface area contributed by atoms with Gasteiger partial charge in [0.15, 0.2) is 11.0 Å². The fourth-order valence-electron chi connectivity index (χ4n) is 3.41. The Kier molecular flexibility index (Phi) is 7.52. The van der Waals surface area contributed by atoms with Crippen LogP contribution in [0.1, 0.15) is 11.1 Å². The van der Waals surface area contributed by atoms with Gasteiger partial charge in [-0.25, -0.2) is 0 Å². The molecule has 0 fully saturated rings. The molecule has 6 nitrogen and oxygen atoms in total. The molecule has 0 spiro atoms. The van der Waals surface area contributed by atoms with Gasteiger partial charge in [0.25, 0.3) is 0 Å². The summed E-state index contributed by atoms with van der Waals surface area (Å²) >= 11 is 16.8. The number of amides is 1. The van der Waals surface area contributed by atoms with Crippen LogP contribution in [0.2, 0.25) is 10.0 Å². The Morgan fingerprint density at radius 2 is 1.88 bits per heavy atom. The summed E-state index contributed by atoms with van der Waals surface area (Å²) in [6.45, 7) is 4.02. The average molecular weight is 578 g/mol. The van der Waals surface area contributed by atoms with Crippen molar-refractivity contribution in [2.24, 2.45) is 0 Å². The molecule has 0 saturated heterocycles. The smallest absolute Gasteiger partial charge is 0.234 e. The number of phenolic OH excluding ortho intramolecular Hbond substituents is 1. The van der Waals surface area contributed by atoms with Crippen molar-refractivity contribution < 1.29 is 9.90 Å². The van der Waals surface area contributed by atoms with E-state index in [1.165, 1.54) is 11.8 Å². The molecule has 34 heavy (non-hydrogen) atoms. The third-order valence-electron chi connectivity index (χ3n) is 4.96. The molecule has 4 aromatic rings. The molecule has 0 bridgehead atoms. The first kappa shape index (κ1) is 24.6. The van der Waals surface area contributed by atoms with Crippen LogP contribution in [-0.4, -0.2) is 31.5 Å². The second-order valence-electron chi connectivity index (χ2n) is 7.55. The van der Waals surface area contributed by atoms with Crippen LogP contribution >= 0.6 is 50.9 Å². The Hall–Kier alpha value is -2.52. The van der Waals surface area contributed by atoms with Gasteiger partial charge in [-0.05, 0) is 61.9 Å². The summed E-state index contributed by atoms with van der Waals surface area (Å²) in [4.78, 5) is 12.6. The van der Waals surface area contributed by atoms with Crippen molar-refractivity contribution >= 4 is 62.5 Å². The van der Waals surface area contributed by atoms with Crippen molar-refractivity contribution in [3.8, 4) is 22.8 Å². The van der Waals surface area contributed by atoms with Crippen molar-refractivity contribution in [3.05, 3.63) is 80.2 Å². The highest BCUT2D eigenvalue weighted by Gasteiger charge is 2.21. The Morgan fingerprint density at radius 1 is 1.09 bits per heavy atom. The maximum atomic E-state index is 12.6. The van der Waals surface area contributed by atoms with E-state index in [1.807, 2.05) is 30.5 Å². The number of anilines is 1. The van der Waals surface area contributed by atoms with Crippen molar-refractivity contribution in [2.75, 3.05) is 11.1 Å². The van der Waals surface area contributed by atoms with Gasteiger partial charge in [-0.3, -0.25) is 9.36 Å². The molecule has 174 valence electrons. The van der Waals surface area contributed by atoms with E-state index in [2.05, 4.69) is 37.5 Å². The molecule has 0 aliphatic carbocycles. The Balaban J connectivity index is 1.68. The maximum absolute atomic E-state index is 12.6. The van der Waals surface area contributed by atoms with Crippen LogP contribution in [0.25, 0.3) is 17.1 Å². The van der Waals surface area contributed by atoms with Gasteiger partial charge in [-0.2, -0.15) is 0 Å². The third-order valence-corrected chi connectivity index (χ3v) is 6.93. The van der Waals surface area contributed by atoms with Crippen LogP contribution in [0.15, 0.2) is 64.2 Å². The molecule has 1 amide bonds. The summed E-state index contributed by atoms with van der Waals surface area (Å²) in [5.74, 6) is 0.367. The molecule has 0 saturated carbocycles. The van der Waals surface area contributed by atoms with Crippen molar-refractivity contribution in [1.29, 1.82) is 0 Å². The lowest BCUT2D eigenvalue weighted by molar-refractivity contribution is -0.113.